The Morgan fingerprint density at radius 2 is 1.76 bits per heavy atom. The minimum absolute atomic E-state index is 0.0825. The highest BCUT2D eigenvalue weighted by Gasteiger charge is 2.46. The number of rotatable bonds is 11. The highest BCUT2D eigenvalue weighted by Crippen LogP contribution is 2.42. The van der Waals surface area contributed by atoms with Gasteiger partial charge in [0.05, 0.1) is 38.0 Å². The van der Waals surface area contributed by atoms with E-state index >= 15 is 0 Å². The number of benzene rings is 2. The molecule has 1 atom stereocenters. The number of ether oxygens (including phenoxy) is 3. The molecule has 0 aromatic heterocycles. The van der Waals surface area contributed by atoms with Crippen LogP contribution in [0, 0.1) is 5.92 Å². The van der Waals surface area contributed by atoms with Crippen LogP contribution >= 0.6 is 0 Å². The molecule has 0 saturated carbocycles. The first kappa shape index (κ1) is 27.7. The van der Waals surface area contributed by atoms with E-state index in [-0.39, 0.29) is 11.3 Å². The zero-order chi connectivity index (χ0) is 27.1. The third kappa shape index (κ3) is 6.37. The van der Waals surface area contributed by atoms with Crippen molar-refractivity contribution in [3.8, 4) is 11.5 Å². The molecule has 1 N–H and O–H groups in total. The predicted molar refractivity (Wildman–Crippen MR) is 145 cm³/mol. The molecule has 8 nitrogen and oxygen atoms in total. The molecular weight excluding hydrogens is 484 g/mol. The number of aliphatic hydroxyl groups is 1. The third-order valence-electron chi connectivity index (χ3n) is 6.88. The van der Waals surface area contributed by atoms with Crippen LogP contribution in [0.2, 0.25) is 0 Å². The van der Waals surface area contributed by atoms with Crippen molar-refractivity contribution in [2.45, 2.75) is 33.2 Å². The second-order valence-corrected chi connectivity index (χ2v) is 9.98. The summed E-state index contributed by atoms with van der Waals surface area (Å²) >= 11 is 0. The SMILES string of the molecule is CCOc1cc(C2C(=C(O)c3ccccc3)C(=O)C(=O)N2CCN2CCOCC2)ccc1OCCC(C)C. The molecule has 2 heterocycles. The van der Waals surface area contributed by atoms with E-state index in [2.05, 4.69) is 18.7 Å². The van der Waals surface area contributed by atoms with Crippen LogP contribution in [-0.4, -0.2) is 79.2 Å². The summed E-state index contributed by atoms with van der Waals surface area (Å²) in [7, 11) is 0. The number of Topliss-reactive ketones (excluding diaryl/α,β-unsaturated/α-hetero) is 1. The van der Waals surface area contributed by atoms with Crippen LogP contribution in [0.15, 0.2) is 54.1 Å². The van der Waals surface area contributed by atoms with Gasteiger partial charge in [0.2, 0.25) is 0 Å². The summed E-state index contributed by atoms with van der Waals surface area (Å²) in [4.78, 5) is 30.5. The quantitative estimate of drug-likeness (QED) is 0.268. The topological polar surface area (TPSA) is 88.5 Å². The monoisotopic (exact) mass is 522 g/mol. The maximum absolute atomic E-state index is 13.3. The lowest BCUT2D eigenvalue weighted by molar-refractivity contribution is -0.140. The lowest BCUT2D eigenvalue weighted by Gasteiger charge is -2.31. The van der Waals surface area contributed by atoms with Gasteiger partial charge in [-0.15, -0.1) is 0 Å². The van der Waals surface area contributed by atoms with Gasteiger partial charge >= 0.3 is 0 Å². The van der Waals surface area contributed by atoms with Crippen LogP contribution in [-0.2, 0) is 14.3 Å². The minimum atomic E-state index is -0.750. The number of ketones is 1. The number of nitrogens with zero attached hydrogens (tertiary/aromatic N) is 2. The molecule has 8 heteroatoms. The molecule has 38 heavy (non-hydrogen) atoms. The third-order valence-corrected chi connectivity index (χ3v) is 6.88. The molecule has 4 rings (SSSR count). The van der Waals surface area contributed by atoms with Gasteiger partial charge in [-0.05, 0) is 37.0 Å². The van der Waals surface area contributed by atoms with E-state index in [1.807, 2.05) is 31.2 Å². The fourth-order valence-electron chi connectivity index (χ4n) is 4.77. The van der Waals surface area contributed by atoms with Gasteiger partial charge in [-0.2, -0.15) is 0 Å². The van der Waals surface area contributed by atoms with E-state index in [4.69, 9.17) is 14.2 Å². The van der Waals surface area contributed by atoms with Crippen LogP contribution < -0.4 is 9.47 Å². The van der Waals surface area contributed by atoms with Crippen molar-refractivity contribution in [2.24, 2.45) is 5.92 Å². The maximum atomic E-state index is 13.3. The van der Waals surface area contributed by atoms with Gasteiger partial charge < -0.3 is 24.2 Å². The fourth-order valence-corrected chi connectivity index (χ4v) is 4.77. The second-order valence-electron chi connectivity index (χ2n) is 9.98. The Balaban J connectivity index is 1.72. The lowest BCUT2D eigenvalue weighted by atomic mass is 9.95. The summed E-state index contributed by atoms with van der Waals surface area (Å²) in [5, 5.41) is 11.3. The van der Waals surface area contributed by atoms with Crippen molar-refractivity contribution in [2.75, 3.05) is 52.6 Å². The molecule has 2 fully saturated rings. The Morgan fingerprint density at radius 3 is 2.45 bits per heavy atom. The Hall–Kier alpha value is -3.36. The van der Waals surface area contributed by atoms with Gasteiger partial charge in [0.25, 0.3) is 11.7 Å². The Bertz CT molecular complexity index is 1140. The standard InChI is InChI=1S/C30H38N2O6/c1-4-37-25-20-23(10-11-24(25)38-17-12-21(2)3)27-26(28(33)22-8-6-5-7-9-22)29(34)30(35)32(27)14-13-31-15-18-36-19-16-31/h5-11,20-21,27,33H,4,12-19H2,1-3H3. The van der Waals surface area contributed by atoms with Crippen molar-refractivity contribution < 1.29 is 28.9 Å². The molecule has 0 radical (unpaired) electrons. The molecular formula is C30H38N2O6. The molecule has 2 aromatic carbocycles. The van der Waals surface area contributed by atoms with Crippen molar-refractivity contribution in [1.29, 1.82) is 0 Å². The van der Waals surface area contributed by atoms with Gasteiger partial charge in [0, 0.05) is 31.7 Å². The number of likely N-dealkylation sites (tertiary alicyclic amines) is 1. The highest BCUT2D eigenvalue weighted by molar-refractivity contribution is 6.46. The lowest BCUT2D eigenvalue weighted by Crippen LogP contribution is -2.42. The first-order valence-electron chi connectivity index (χ1n) is 13.4. The first-order valence-corrected chi connectivity index (χ1v) is 13.4. The highest BCUT2D eigenvalue weighted by atomic mass is 16.5. The fraction of sp³-hybridized carbons (Fsp3) is 0.467. The molecule has 204 valence electrons. The van der Waals surface area contributed by atoms with E-state index < -0.39 is 17.7 Å². The Kier molecular flexibility index (Phi) is 9.42. The summed E-state index contributed by atoms with van der Waals surface area (Å²) in [5.41, 5.74) is 1.25. The molecule has 0 bridgehead atoms. The van der Waals surface area contributed by atoms with E-state index in [0.717, 1.165) is 19.5 Å². The van der Waals surface area contributed by atoms with Crippen LogP contribution in [0.5, 0.6) is 11.5 Å². The van der Waals surface area contributed by atoms with Crippen LogP contribution in [0.3, 0.4) is 0 Å². The number of hydrogen-bond acceptors (Lipinski definition) is 7. The number of aliphatic hydroxyl groups excluding tert-OH is 1. The van der Waals surface area contributed by atoms with Crippen LogP contribution in [0.4, 0.5) is 0 Å². The Morgan fingerprint density at radius 1 is 1.03 bits per heavy atom. The van der Waals surface area contributed by atoms with E-state index in [1.165, 1.54) is 0 Å². The zero-order valence-electron chi connectivity index (χ0n) is 22.5. The van der Waals surface area contributed by atoms with Gasteiger partial charge in [0.1, 0.15) is 5.76 Å². The number of hydrogen-bond donors (Lipinski definition) is 1. The number of morpholine rings is 1. The molecule has 2 saturated heterocycles. The summed E-state index contributed by atoms with van der Waals surface area (Å²) in [6.07, 6.45) is 0.909. The molecule has 2 aliphatic heterocycles. The summed E-state index contributed by atoms with van der Waals surface area (Å²) in [5.74, 6) is 0.188. The predicted octanol–water partition coefficient (Wildman–Crippen LogP) is 4.26. The number of carbonyl (C=O) groups is 2. The summed E-state index contributed by atoms with van der Waals surface area (Å²) in [6, 6.07) is 13.6. The van der Waals surface area contributed by atoms with Gasteiger partial charge in [-0.3, -0.25) is 14.5 Å². The molecule has 2 aliphatic rings. The Labute approximate surface area is 224 Å². The molecule has 1 amide bonds. The average Bonchev–Trinajstić information content (AvgIpc) is 3.18. The van der Waals surface area contributed by atoms with Crippen molar-refractivity contribution in [3.05, 3.63) is 65.2 Å². The summed E-state index contributed by atoms with van der Waals surface area (Å²) in [6.45, 7) is 11.0. The number of carbonyl (C=O) groups excluding carboxylic acids is 2. The molecule has 0 aliphatic carbocycles. The van der Waals surface area contributed by atoms with Crippen LogP contribution in [0.25, 0.3) is 5.76 Å². The maximum Gasteiger partial charge on any atom is 0.295 e. The van der Waals surface area contributed by atoms with E-state index in [9.17, 15) is 14.7 Å². The van der Waals surface area contributed by atoms with Gasteiger partial charge in [-0.1, -0.05) is 50.2 Å². The first-order chi connectivity index (χ1) is 18.4. The summed E-state index contributed by atoms with van der Waals surface area (Å²) < 4.78 is 17.4. The number of amides is 1. The molecule has 1 unspecified atom stereocenters. The van der Waals surface area contributed by atoms with Crippen LogP contribution in [0.1, 0.15) is 44.4 Å². The average molecular weight is 523 g/mol. The minimum Gasteiger partial charge on any atom is -0.507 e. The normalized spacial score (nSPS) is 19.8. The van der Waals surface area contributed by atoms with Crippen molar-refractivity contribution >= 4 is 17.4 Å². The van der Waals surface area contributed by atoms with Crippen molar-refractivity contribution in [3.63, 3.8) is 0 Å². The van der Waals surface area contributed by atoms with E-state index in [0.29, 0.717) is 68.1 Å². The smallest absolute Gasteiger partial charge is 0.295 e. The molecule has 2 aromatic rings. The zero-order valence-corrected chi connectivity index (χ0v) is 22.5. The van der Waals surface area contributed by atoms with E-state index in [1.54, 1.807) is 29.2 Å². The van der Waals surface area contributed by atoms with Gasteiger partial charge in [0.15, 0.2) is 11.5 Å². The van der Waals surface area contributed by atoms with Gasteiger partial charge in [-0.25, -0.2) is 0 Å². The van der Waals surface area contributed by atoms with Crippen molar-refractivity contribution in [1.82, 2.24) is 9.80 Å². The molecule has 0 spiro atoms. The second kappa shape index (κ2) is 12.9. The largest absolute Gasteiger partial charge is 0.507 e.